The molecule has 0 saturated carbocycles. The van der Waals surface area contributed by atoms with Gasteiger partial charge in [-0.2, -0.15) is 0 Å². The Labute approximate surface area is 134 Å². The molecule has 0 atom stereocenters. The van der Waals surface area contributed by atoms with Gasteiger partial charge in [0.2, 0.25) is 0 Å². The van der Waals surface area contributed by atoms with Crippen LogP contribution >= 0.6 is 26.6 Å². The van der Waals surface area contributed by atoms with Gasteiger partial charge in [0.15, 0.2) is 0 Å². The maximum absolute atomic E-state index is 13.7. The number of hydrogen-bond acceptors (Lipinski definition) is 4. The summed E-state index contributed by atoms with van der Waals surface area (Å²) in [6.45, 7) is 0.274. The van der Waals surface area contributed by atoms with Crippen molar-refractivity contribution in [3.63, 3.8) is 0 Å². The second-order valence-corrected chi connectivity index (χ2v) is 7.59. The van der Waals surface area contributed by atoms with Gasteiger partial charge in [-0.15, -0.1) is 0 Å². The van der Waals surface area contributed by atoms with Crippen LogP contribution in [0.4, 0.5) is 4.39 Å². The van der Waals surface area contributed by atoms with Gasteiger partial charge in [0, 0.05) is 42.6 Å². The van der Waals surface area contributed by atoms with Crippen LogP contribution in [0.3, 0.4) is 0 Å². The molecule has 2 aromatic rings. The summed E-state index contributed by atoms with van der Waals surface area (Å²) in [5.74, 6) is 0.0671. The third kappa shape index (κ3) is 3.96. The van der Waals surface area contributed by atoms with Gasteiger partial charge >= 0.3 is 0 Å². The summed E-state index contributed by atoms with van der Waals surface area (Å²) < 4.78 is 43.7. The van der Waals surface area contributed by atoms with Crippen LogP contribution in [0.15, 0.2) is 33.9 Å². The summed E-state index contributed by atoms with van der Waals surface area (Å²) >= 11 is 3.13. The number of ether oxygens (including phenoxy) is 1. The number of rotatable bonds is 5. The lowest BCUT2D eigenvalue weighted by Gasteiger charge is -2.10. The Balaban J connectivity index is 2.11. The maximum atomic E-state index is 13.7. The number of imidazole rings is 1. The largest absolute Gasteiger partial charge is 0.492 e. The SMILES string of the molecule is Cn1ccnc1CCOc1cc(F)c(S(=O)(=O)Cl)cc1Br. The summed E-state index contributed by atoms with van der Waals surface area (Å²) in [6, 6.07) is 2.06. The van der Waals surface area contributed by atoms with Crippen molar-refractivity contribution in [3.8, 4) is 5.75 Å². The van der Waals surface area contributed by atoms with Crippen LogP contribution in [0.5, 0.6) is 5.75 Å². The van der Waals surface area contributed by atoms with E-state index in [0.717, 1.165) is 18.0 Å². The Bertz CT molecular complexity index is 764. The van der Waals surface area contributed by atoms with Crippen LogP contribution < -0.4 is 4.74 Å². The predicted molar refractivity (Wildman–Crippen MR) is 79.5 cm³/mol. The van der Waals surface area contributed by atoms with Gasteiger partial charge in [-0.05, 0) is 22.0 Å². The minimum Gasteiger partial charge on any atom is -0.492 e. The predicted octanol–water partition coefficient (Wildman–Crippen LogP) is 2.87. The van der Waals surface area contributed by atoms with E-state index in [0.29, 0.717) is 10.9 Å². The molecule has 0 radical (unpaired) electrons. The molecule has 0 aliphatic heterocycles. The summed E-state index contributed by atoms with van der Waals surface area (Å²) in [5, 5.41) is 0. The first-order chi connectivity index (χ1) is 9.79. The van der Waals surface area contributed by atoms with Crippen molar-refractivity contribution in [1.82, 2.24) is 9.55 Å². The van der Waals surface area contributed by atoms with E-state index in [1.807, 2.05) is 17.8 Å². The fourth-order valence-electron chi connectivity index (χ4n) is 1.70. The molecule has 2 rings (SSSR count). The second kappa shape index (κ2) is 6.33. The van der Waals surface area contributed by atoms with Crippen molar-refractivity contribution in [2.45, 2.75) is 11.3 Å². The number of aromatic nitrogens is 2. The molecule has 5 nitrogen and oxygen atoms in total. The molecule has 1 aromatic carbocycles. The van der Waals surface area contributed by atoms with Crippen molar-refractivity contribution < 1.29 is 17.5 Å². The number of aryl methyl sites for hydroxylation is 1. The lowest BCUT2D eigenvalue weighted by atomic mass is 10.3. The molecule has 1 aromatic heterocycles. The quantitative estimate of drug-likeness (QED) is 0.728. The molecule has 21 heavy (non-hydrogen) atoms. The Hall–Kier alpha value is -1.12. The Morgan fingerprint density at radius 1 is 1.48 bits per heavy atom. The first-order valence-electron chi connectivity index (χ1n) is 5.81. The van der Waals surface area contributed by atoms with E-state index in [-0.39, 0.29) is 12.4 Å². The van der Waals surface area contributed by atoms with Crippen molar-refractivity contribution in [2.24, 2.45) is 7.05 Å². The highest BCUT2D eigenvalue weighted by atomic mass is 79.9. The molecule has 0 saturated heterocycles. The van der Waals surface area contributed by atoms with E-state index in [9.17, 15) is 12.8 Å². The first-order valence-corrected chi connectivity index (χ1v) is 8.92. The lowest BCUT2D eigenvalue weighted by Crippen LogP contribution is -2.07. The van der Waals surface area contributed by atoms with Gasteiger partial charge < -0.3 is 9.30 Å². The number of nitrogens with zero attached hydrogens (tertiary/aromatic N) is 2. The number of benzene rings is 1. The number of halogens is 3. The van der Waals surface area contributed by atoms with E-state index in [1.54, 1.807) is 6.20 Å². The Morgan fingerprint density at radius 2 is 2.19 bits per heavy atom. The molecule has 0 fully saturated rings. The van der Waals surface area contributed by atoms with Crippen LogP contribution in [0.25, 0.3) is 0 Å². The summed E-state index contributed by atoms with van der Waals surface area (Å²) in [4.78, 5) is 3.54. The van der Waals surface area contributed by atoms with E-state index < -0.39 is 19.8 Å². The maximum Gasteiger partial charge on any atom is 0.264 e. The fourth-order valence-corrected chi connectivity index (χ4v) is 3.21. The average Bonchev–Trinajstić information content (AvgIpc) is 2.77. The topological polar surface area (TPSA) is 61.2 Å². The summed E-state index contributed by atoms with van der Waals surface area (Å²) in [6.07, 6.45) is 4.02. The van der Waals surface area contributed by atoms with Crippen LogP contribution in [0.2, 0.25) is 0 Å². The molecule has 1 heterocycles. The van der Waals surface area contributed by atoms with Crippen molar-refractivity contribution in [2.75, 3.05) is 6.61 Å². The zero-order valence-electron chi connectivity index (χ0n) is 10.9. The van der Waals surface area contributed by atoms with Gasteiger partial charge in [0.05, 0.1) is 11.1 Å². The van der Waals surface area contributed by atoms with Gasteiger partial charge in [-0.25, -0.2) is 17.8 Å². The zero-order chi connectivity index (χ0) is 15.6. The van der Waals surface area contributed by atoms with E-state index in [4.69, 9.17) is 15.4 Å². The van der Waals surface area contributed by atoms with Gasteiger partial charge in [-0.1, -0.05) is 0 Å². The van der Waals surface area contributed by atoms with E-state index >= 15 is 0 Å². The summed E-state index contributed by atoms with van der Waals surface area (Å²) in [7, 11) is 2.86. The zero-order valence-corrected chi connectivity index (χ0v) is 14.0. The lowest BCUT2D eigenvalue weighted by molar-refractivity contribution is 0.313. The van der Waals surface area contributed by atoms with Crippen LogP contribution in [0.1, 0.15) is 5.82 Å². The molecule has 0 unspecified atom stereocenters. The molecule has 0 bridgehead atoms. The molecule has 114 valence electrons. The normalized spacial score (nSPS) is 11.6. The molecule has 0 aliphatic carbocycles. The first kappa shape index (κ1) is 16.3. The van der Waals surface area contributed by atoms with Crippen LogP contribution in [-0.2, 0) is 22.5 Å². The molecular weight excluding hydrogens is 387 g/mol. The highest BCUT2D eigenvalue weighted by Gasteiger charge is 2.19. The van der Waals surface area contributed by atoms with Gasteiger partial charge in [0.1, 0.15) is 22.3 Å². The van der Waals surface area contributed by atoms with Crippen molar-refractivity contribution >= 4 is 35.7 Å². The van der Waals surface area contributed by atoms with Gasteiger partial charge in [0.25, 0.3) is 9.05 Å². The second-order valence-electron chi connectivity index (χ2n) is 4.20. The smallest absolute Gasteiger partial charge is 0.264 e. The van der Waals surface area contributed by atoms with E-state index in [2.05, 4.69) is 20.9 Å². The Kier molecular flexibility index (Phi) is 4.90. The minimum atomic E-state index is -4.14. The molecule has 0 amide bonds. The van der Waals surface area contributed by atoms with Crippen molar-refractivity contribution in [3.05, 3.63) is 40.6 Å². The molecule has 9 heteroatoms. The average molecular weight is 398 g/mol. The summed E-state index contributed by atoms with van der Waals surface area (Å²) in [5.41, 5.74) is 0. The highest BCUT2D eigenvalue weighted by Crippen LogP contribution is 2.31. The minimum absolute atomic E-state index is 0.200. The third-order valence-electron chi connectivity index (χ3n) is 2.75. The highest BCUT2D eigenvalue weighted by molar-refractivity contribution is 9.10. The molecular formula is C12H11BrClFN2O3S. The standard InChI is InChI=1S/C12H11BrClFN2O3S/c1-17-4-3-16-12(17)2-5-20-10-7-9(15)11(6-8(10)13)21(14,18)19/h3-4,6-7H,2,5H2,1H3. The van der Waals surface area contributed by atoms with Gasteiger partial charge in [-0.3, -0.25) is 0 Å². The molecule has 0 spiro atoms. The third-order valence-corrected chi connectivity index (χ3v) is 4.71. The molecule has 0 N–H and O–H groups in total. The van der Waals surface area contributed by atoms with E-state index in [1.165, 1.54) is 0 Å². The Morgan fingerprint density at radius 3 is 2.76 bits per heavy atom. The monoisotopic (exact) mass is 396 g/mol. The van der Waals surface area contributed by atoms with Crippen LogP contribution in [-0.4, -0.2) is 24.6 Å². The molecule has 0 aliphatic rings. The fraction of sp³-hybridized carbons (Fsp3) is 0.250. The van der Waals surface area contributed by atoms with Crippen molar-refractivity contribution in [1.29, 1.82) is 0 Å². The number of hydrogen-bond donors (Lipinski definition) is 0. The van der Waals surface area contributed by atoms with Crippen LogP contribution in [0, 0.1) is 5.82 Å².